The van der Waals surface area contributed by atoms with Crippen LogP contribution in [-0.2, 0) is 0 Å². The third kappa shape index (κ3) is 2.65. The van der Waals surface area contributed by atoms with Crippen LogP contribution in [0.1, 0.15) is 5.56 Å². The van der Waals surface area contributed by atoms with Gasteiger partial charge in [0.05, 0.1) is 0 Å². The molecule has 0 bridgehead atoms. The molecule has 0 spiro atoms. The van der Waals surface area contributed by atoms with Crippen molar-refractivity contribution in [1.29, 1.82) is 10.5 Å². The Morgan fingerprint density at radius 3 is 2.13 bits per heavy atom. The third-order valence-electron chi connectivity index (χ3n) is 1.85. The predicted molar refractivity (Wildman–Crippen MR) is 58.3 cm³/mol. The minimum absolute atomic E-state index is 0.0403. The van der Waals surface area contributed by atoms with Gasteiger partial charge < -0.3 is 0 Å². The molecule has 15 heavy (non-hydrogen) atoms. The normalized spacial score (nSPS) is 8.80. The maximum Gasteiger partial charge on any atom is 0.134 e. The van der Waals surface area contributed by atoms with Crippen molar-refractivity contribution < 1.29 is 4.39 Å². The molecule has 2 nitrogen and oxygen atoms in total. The van der Waals surface area contributed by atoms with E-state index in [0.29, 0.717) is 16.5 Å². The SMILES string of the molecule is N#CC(C#N)=C(CBr)c1ccc(F)cc1. The number of alkyl halides is 1. The Kier molecular flexibility index (Phi) is 4.03. The van der Waals surface area contributed by atoms with Crippen molar-refractivity contribution in [3.63, 3.8) is 0 Å². The zero-order valence-electron chi connectivity index (χ0n) is 7.67. The number of halogens is 2. The van der Waals surface area contributed by atoms with Gasteiger partial charge >= 0.3 is 0 Å². The molecule has 1 aromatic rings. The first kappa shape index (κ1) is 11.4. The molecule has 1 aromatic carbocycles. The van der Waals surface area contributed by atoms with Crippen LogP contribution in [0.4, 0.5) is 4.39 Å². The lowest BCUT2D eigenvalue weighted by molar-refractivity contribution is 0.627. The molecule has 0 N–H and O–H groups in total. The van der Waals surface area contributed by atoms with Crippen LogP contribution in [0.5, 0.6) is 0 Å². The molecule has 0 aromatic heterocycles. The summed E-state index contributed by atoms with van der Waals surface area (Å²) in [4.78, 5) is 0. The Morgan fingerprint density at radius 2 is 1.73 bits per heavy atom. The summed E-state index contributed by atoms with van der Waals surface area (Å²) in [5, 5.41) is 17.8. The molecule has 0 unspecified atom stereocenters. The van der Waals surface area contributed by atoms with Crippen LogP contribution >= 0.6 is 15.9 Å². The quantitative estimate of drug-likeness (QED) is 0.609. The van der Waals surface area contributed by atoms with Crippen LogP contribution < -0.4 is 0 Å². The van der Waals surface area contributed by atoms with Gasteiger partial charge in [-0.1, -0.05) is 28.1 Å². The largest absolute Gasteiger partial charge is 0.207 e. The van der Waals surface area contributed by atoms with Crippen molar-refractivity contribution in [2.45, 2.75) is 0 Å². The average molecular weight is 265 g/mol. The summed E-state index contributed by atoms with van der Waals surface area (Å²) in [5.74, 6) is -0.344. The summed E-state index contributed by atoms with van der Waals surface area (Å²) in [6.45, 7) is 0. The molecule has 0 aliphatic heterocycles. The summed E-state index contributed by atoms with van der Waals surface area (Å²) < 4.78 is 12.7. The van der Waals surface area contributed by atoms with E-state index < -0.39 is 0 Å². The minimum atomic E-state index is -0.344. The number of rotatable bonds is 2. The molecule has 0 fully saturated rings. The minimum Gasteiger partial charge on any atom is -0.207 e. The van der Waals surface area contributed by atoms with E-state index in [2.05, 4.69) is 15.9 Å². The standard InChI is InChI=1S/C11H6BrFN2/c12-5-11(9(6-14)7-15)8-1-3-10(13)4-2-8/h1-4H,5H2. The van der Waals surface area contributed by atoms with E-state index in [-0.39, 0.29) is 11.4 Å². The van der Waals surface area contributed by atoms with Gasteiger partial charge in [-0.25, -0.2) is 4.39 Å². The molecular formula is C11H6BrFN2. The van der Waals surface area contributed by atoms with Crippen LogP contribution in [0.25, 0.3) is 5.57 Å². The van der Waals surface area contributed by atoms with E-state index in [1.54, 1.807) is 12.1 Å². The smallest absolute Gasteiger partial charge is 0.134 e. The van der Waals surface area contributed by atoms with Crippen molar-refractivity contribution >= 4 is 21.5 Å². The number of nitriles is 2. The lowest BCUT2D eigenvalue weighted by Crippen LogP contribution is -1.90. The first-order valence-electron chi connectivity index (χ1n) is 4.08. The van der Waals surface area contributed by atoms with Gasteiger partial charge in [0.2, 0.25) is 0 Å². The molecule has 0 heterocycles. The van der Waals surface area contributed by atoms with Gasteiger partial charge in [-0.2, -0.15) is 10.5 Å². The van der Waals surface area contributed by atoms with E-state index in [9.17, 15) is 4.39 Å². The molecule has 74 valence electrons. The van der Waals surface area contributed by atoms with Gasteiger partial charge in [0.15, 0.2) is 0 Å². The van der Waals surface area contributed by atoms with Crippen LogP contribution in [-0.4, -0.2) is 5.33 Å². The van der Waals surface area contributed by atoms with Crippen molar-refractivity contribution in [2.24, 2.45) is 0 Å². The Balaban J connectivity index is 3.27. The van der Waals surface area contributed by atoms with E-state index in [1.165, 1.54) is 12.1 Å². The molecule has 1 rings (SSSR count). The van der Waals surface area contributed by atoms with Crippen LogP contribution in [0.2, 0.25) is 0 Å². The molecule has 0 amide bonds. The molecule has 4 heteroatoms. The highest BCUT2D eigenvalue weighted by molar-refractivity contribution is 9.09. The lowest BCUT2D eigenvalue weighted by atomic mass is 10.0. The van der Waals surface area contributed by atoms with Crippen LogP contribution in [0.3, 0.4) is 0 Å². The summed E-state index contributed by atoms with van der Waals surface area (Å²) >= 11 is 3.20. The molecule has 0 aliphatic carbocycles. The van der Waals surface area contributed by atoms with Crippen molar-refractivity contribution in [3.05, 3.63) is 41.2 Å². The fourth-order valence-electron chi connectivity index (χ4n) is 1.10. The molecule has 0 saturated carbocycles. The third-order valence-corrected chi connectivity index (χ3v) is 2.41. The van der Waals surface area contributed by atoms with Crippen LogP contribution in [0.15, 0.2) is 29.8 Å². The summed E-state index contributed by atoms with van der Waals surface area (Å²) in [7, 11) is 0. The second-order valence-corrected chi connectivity index (χ2v) is 3.28. The van der Waals surface area contributed by atoms with Gasteiger partial charge in [-0.3, -0.25) is 0 Å². The number of hydrogen-bond acceptors (Lipinski definition) is 2. The molecular weight excluding hydrogens is 259 g/mol. The topological polar surface area (TPSA) is 47.6 Å². The first-order chi connectivity index (χ1) is 7.22. The van der Waals surface area contributed by atoms with Crippen molar-refractivity contribution in [1.82, 2.24) is 0 Å². The van der Waals surface area contributed by atoms with Gasteiger partial charge in [0, 0.05) is 5.33 Å². The first-order valence-corrected chi connectivity index (χ1v) is 5.20. The van der Waals surface area contributed by atoms with Crippen LogP contribution in [0, 0.1) is 28.5 Å². The molecule has 0 radical (unpaired) electrons. The highest BCUT2D eigenvalue weighted by Gasteiger charge is 2.07. The van der Waals surface area contributed by atoms with Gasteiger partial charge in [-0.05, 0) is 23.3 Å². The Hall–Kier alpha value is -1.65. The number of hydrogen-bond donors (Lipinski definition) is 0. The fourth-order valence-corrected chi connectivity index (χ4v) is 1.70. The zero-order chi connectivity index (χ0) is 11.3. The van der Waals surface area contributed by atoms with Gasteiger partial charge in [0.1, 0.15) is 23.5 Å². The number of allylic oxidation sites excluding steroid dienone is 2. The number of benzene rings is 1. The molecule has 0 atom stereocenters. The highest BCUT2D eigenvalue weighted by Crippen LogP contribution is 2.20. The van der Waals surface area contributed by atoms with Gasteiger partial charge in [-0.15, -0.1) is 0 Å². The summed E-state index contributed by atoms with van der Waals surface area (Å²) in [6.07, 6.45) is 0. The lowest BCUT2D eigenvalue weighted by Gasteiger charge is -2.03. The summed E-state index contributed by atoms with van der Waals surface area (Å²) in [6, 6.07) is 9.30. The Bertz CT molecular complexity index is 447. The monoisotopic (exact) mass is 264 g/mol. The Morgan fingerprint density at radius 1 is 1.20 bits per heavy atom. The van der Waals surface area contributed by atoms with E-state index in [4.69, 9.17) is 10.5 Å². The maximum absolute atomic E-state index is 12.7. The van der Waals surface area contributed by atoms with Crippen molar-refractivity contribution in [3.8, 4) is 12.1 Å². The van der Waals surface area contributed by atoms with E-state index in [1.807, 2.05) is 12.1 Å². The second kappa shape index (κ2) is 5.29. The number of nitrogens with zero attached hydrogens (tertiary/aromatic N) is 2. The summed E-state index contributed by atoms with van der Waals surface area (Å²) in [5.41, 5.74) is 1.28. The Labute approximate surface area is 95.4 Å². The predicted octanol–water partition coefficient (Wildman–Crippen LogP) is 3.02. The molecule has 0 aliphatic rings. The van der Waals surface area contributed by atoms with E-state index in [0.717, 1.165) is 0 Å². The van der Waals surface area contributed by atoms with Crippen molar-refractivity contribution in [2.75, 3.05) is 5.33 Å². The highest BCUT2D eigenvalue weighted by atomic mass is 79.9. The fraction of sp³-hybridized carbons (Fsp3) is 0.0909. The van der Waals surface area contributed by atoms with Gasteiger partial charge in [0.25, 0.3) is 0 Å². The van der Waals surface area contributed by atoms with E-state index >= 15 is 0 Å². The second-order valence-electron chi connectivity index (χ2n) is 2.72. The maximum atomic E-state index is 12.7. The zero-order valence-corrected chi connectivity index (χ0v) is 9.25. The average Bonchev–Trinajstić information content (AvgIpc) is 2.27. The molecule has 0 saturated heterocycles.